The summed E-state index contributed by atoms with van der Waals surface area (Å²) in [5.41, 5.74) is 3.71. The van der Waals surface area contributed by atoms with Gasteiger partial charge >= 0.3 is 0 Å². The van der Waals surface area contributed by atoms with Gasteiger partial charge in [-0.05, 0) is 38.3 Å². The summed E-state index contributed by atoms with van der Waals surface area (Å²) in [6, 6.07) is 11.8. The first-order chi connectivity index (χ1) is 14.1. The Morgan fingerprint density at radius 3 is 2.93 bits per heavy atom. The molecule has 0 saturated heterocycles. The van der Waals surface area contributed by atoms with E-state index in [0.29, 0.717) is 24.7 Å². The summed E-state index contributed by atoms with van der Waals surface area (Å²) in [6.07, 6.45) is 3.05. The highest BCUT2D eigenvalue weighted by molar-refractivity contribution is 7.97. The first-order valence-electron chi connectivity index (χ1n) is 9.83. The molecule has 152 valence electrons. The van der Waals surface area contributed by atoms with Gasteiger partial charge in [0.1, 0.15) is 23.2 Å². The number of ether oxygens (including phenoxy) is 2. The lowest BCUT2D eigenvalue weighted by atomic mass is 10.1. The van der Waals surface area contributed by atoms with Crippen molar-refractivity contribution in [3.63, 3.8) is 0 Å². The topological polar surface area (TPSA) is 60.7 Å². The van der Waals surface area contributed by atoms with Crippen LogP contribution < -0.4 is 14.8 Å². The molecule has 1 aromatic heterocycles. The van der Waals surface area contributed by atoms with Crippen LogP contribution in [-0.2, 0) is 18.7 Å². The lowest BCUT2D eigenvalue weighted by Gasteiger charge is -2.13. The number of benzene rings is 2. The van der Waals surface area contributed by atoms with Gasteiger partial charge in [0.25, 0.3) is 5.91 Å². The number of fused-ring (bicyclic) bond motifs is 2. The lowest BCUT2D eigenvalue weighted by Crippen LogP contribution is -2.23. The van der Waals surface area contributed by atoms with Gasteiger partial charge in [-0.15, -0.1) is 0 Å². The molecule has 0 radical (unpaired) electrons. The van der Waals surface area contributed by atoms with Gasteiger partial charge in [0.15, 0.2) is 5.76 Å². The second-order valence-electron chi connectivity index (χ2n) is 7.15. The number of amides is 1. The molecule has 0 spiro atoms. The number of nitrogens with one attached hydrogen (secondary N) is 1. The minimum absolute atomic E-state index is 0.161. The number of carbonyl (C=O) groups excluding carboxylic acids is 1. The maximum Gasteiger partial charge on any atom is 0.287 e. The fourth-order valence-corrected chi connectivity index (χ4v) is 4.31. The predicted octanol–water partition coefficient (Wildman–Crippen LogP) is 4.95. The van der Waals surface area contributed by atoms with Crippen molar-refractivity contribution in [1.82, 2.24) is 5.32 Å². The van der Waals surface area contributed by atoms with Crippen LogP contribution in [0.1, 0.15) is 41.1 Å². The van der Waals surface area contributed by atoms with E-state index in [1.165, 1.54) is 0 Å². The Labute approximate surface area is 174 Å². The number of hydrogen-bond donors (Lipinski definition) is 1. The highest BCUT2D eigenvalue weighted by atomic mass is 32.2. The van der Waals surface area contributed by atoms with Gasteiger partial charge in [0.05, 0.1) is 6.61 Å². The van der Waals surface area contributed by atoms with E-state index in [9.17, 15) is 4.79 Å². The van der Waals surface area contributed by atoms with Gasteiger partial charge in [-0.1, -0.05) is 18.2 Å². The van der Waals surface area contributed by atoms with Gasteiger partial charge in [-0.3, -0.25) is 4.79 Å². The number of furan rings is 1. The third kappa shape index (κ3) is 3.94. The zero-order valence-corrected chi connectivity index (χ0v) is 17.7. The fourth-order valence-electron chi connectivity index (χ4n) is 3.74. The molecule has 1 amide bonds. The quantitative estimate of drug-likeness (QED) is 0.596. The number of rotatable bonds is 7. The van der Waals surface area contributed by atoms with Gasteiger partial charge in [-0.2, -0.15) is 11.8 Å². The van der Waals surface area contributed by atoms with Crippen LogP contribution in [0.15, 0.2) is 40.8 Å². The summed E-state index contributed by atoms with van der Waals surface area (Å²) in [6.45, 7) is 4.92. The van der Waals surface area contributed by atoms with E-state index in [0.717, 1.165) is 45.6 Å². The largest absolute Gasteiger partial charge is 0.494 e. The van der Waals surface area contributed by atoms with Gasteiger partial charge in [-0.25, -0.2) is 0 Å². The summed E-state index contributed by atoms with van der Waals surface area (Å²) < 4.78 is 17.6. The maximum absolute atomic E-state index is 13.0. The Morgan fingerprint density at radius 1 is 1.31 bits per heavy atom. The van der Waals surface area contributed by atoms with E-state index in [2.05, 4.69) is 12.2 Å². The average Bonchev–Trinajstić information content (AvgIpc) is 3.26. The first-order valence-corrected chi connectivity index (χ1v) is 11.2. The summed E-state index contributed by atoms with van der Waals surface area (Å²) in [5.74, 6) is 2.54. The Morgan fingerprint density at radius 2 is 2.14 bits per heavy atom. The van der Waals surface area contributed by atoms with Crippen LogP contribution in [0.25, 0.3) is 11.0 Å². The van der Waals surface area contributed by atoms with Crippen molar-refractivity contribution in [2.75, 3.05) is 12.9 Å². The molecule has 0 saturated carbocycles. The van der Waals surface area contributed by atoms with Crippen LogP contribution >= 0.6 is 11.8 Å². The lowest BCUT2D eigenvalue weighted by molar-refractivity contribution is 0.0924. The predicted molar refractivity (Wildman–Crippen MR) is 116 cm³/mol. The summed E-state index contributed by atoms with van der Waals surface area (Å²) >= 11 is 1.67. The Balaban J connectivity index is 1.58. The summed E-state index contributed by atoms with van der Waals surface area (Å²) in [7, 11) is 0. The van der Waals surface area contributed by atoms with Crippen LogP contribution in [-0.4, -0.2) is 24.9 Å². The molecule has 0 aliphatic carbocycles. The molecule has 4 rings (SSSR count). The molecule has 5 nitrogen and oxygen atoms in total. The van der Waals surface area contributed by atoms with Crippen LogP contribution in [0.3, 0.4) is 0 Å². The SMILES string of the molecule is CCOc1cc2c(cc1CNC(=O)c1oc3ccccc3c1CSC)OC(C)C2. The van der Waals surface area contributed by atoms with E-state index >= 15 is 0 Å². The first kappa shape index (κ1) is 19.7. The van der Waals surface area contributed by atoms with E-state index in [4.69, 9.17) is 13.9 Å². The van der Waals surface area contributed by atoms with Crippen molar-refractivity contribution in [3.8, 4) is 11.5 Å². The second-order valence-corrected chi connectivity index (χ2v) is 8.02. The standard InChI is InChI=1S/C23H25NO4S/c1-4-26-20-10-15-9-14(2)27-21(15)11-16(20)12-24-23(25)22-18(13-29-3)17-7-5-6-8-19(17)28-22/h5-8,10-11,14H,4,9,12-13H2,1-3H3,(H,24,25). The van der Waals surface area contributed by atoms with E-state index in [-0.39, 0.29) is 12.0 Å². The number of carbonyl (C=O) groups is 1. The second kappa shape index (κ2) is 8.41. The molecule has 3 aromatic rings. The zero-order chi connectivity index (χ0) is 20.4. The molecule has 1 N–H and O–H groups in total. The van der Waals surface area contributed by atoms with Crippen molar-refractivity contribution in [3.05, 3.63) is 58.8 Å². The van der Waals surface area contributed by atoms with Crippen molar-refractivity contribution in [2.45, 2.75) is 38.7 Å². The van der Waals surface area contributed by atoms with E-state index in [1.54, 1.807) is 11.8 Å². The van der Waals surface area contributed by atoms with Crippen molar-refractivity contribution >= 4 is 28.6 Å². The average molecular weight is 412 g/mol. The number of thioether (sulfide) groups is 1. The molecule has 29 heavy (non-hydrogen) atoms. The zero-order valence-electron chi connectivity index (χ0n) is 16.9. The van der Waals surface area contributed by atoms with Crippen LogP contribution in [0, 0.1) is 0 Å². The molecule has 1 atom stereocenters. The summed E-state index contributed by atoms with van der Waals surface area (Å²) in [5, 5.41) is 3.99. The summed E-state index contributed by atoms with van der Waals surface area (Å²) in [4.78, 5) is 13.0. The molecule has 0 bridgehead atoms. The Bertz CT molecular complexity index is 1040. The third-order valence-corrected chi connectivity index (χ3v) is 5.59. The molecule has 0 fully saturated rings. The van der Waals surface area contributed by atoms with E-state index in [1.807, 2.05) is 49.6 Å². The molecular formula is C23H25NO4S. The Kier molecular flexibility index (Phi) is 5.72. The molecule has 2 aromatic carbocycles. The van der Waals surface area contributed by atoms with E-state index < -0.39 is 0 Å². The molecular weight excluding hydrogens is 386 g/mol. The minimum Gasteiger partial charge on any atom is -0.494 e. The highest BCUT2D eigenvalue weighted by Gasteiger charge is 2.23. The molecule has 2 heterocycles. The molecule has 6 heteroatoms. The van der Waals surface area contributed by atoms with Gasteiger partial charge in [0.2, 0.25) is 0 Å². The van der Waals surface area contributed by atoms with Crippen LogP contribution in [0.4, 0.5) is 0 Å². The van der Waals surface area contributed by atoms with Crippen molar-refractivity contribution in [1.29, 1.82) is 0 Å². The number of hydrogen-bond acceptors (Lipinski definition) is 5. The Hall–Kier alpha value is -2.60. The highest BCUT2D eigenvalue weighted by Crippen LogP contribution is 2.35. The smallest absolute Gasteiger partial charge is 0.287 e. The molecule has 1 aliphatic rings. The van der Waals surface area contributed by atoms with Crippen LogP contribution in [0.5, 0.6) is 11.5 Å². The monoisotopic (exact) mass is 411 g/mol. The molecule has 1 unspecified atom stereocenters. The van der Waals surface area contributed by atoms with Gasteiger partial charge in [0, 0.05) is 40.8 Å². The van der Waals surface area contributed by atoms with Gasteiger partial charge < -0.3 is 19.2 Å². The van der Waals surface area contributed by atoms with Crippen molar-refractivity contribution < 1.29 is 18.7 Å². The minimum atomic E-state index is -0.220. The normalized spacial score (nSPS) is 15.2. The maximum atomic E-state index is 13.0. The number of para-hydroxylation sites is 1. The van der Waals surface area contributed by atoms with Crippen LogP contribution in [0.2, 0.25) is 0 Å². The third-order valence-electron chi connectivity index (χ3n) is 5.01. The van der Waals surface area contributed by atoms with Crippen molar-refractivity contribution in [2.24, 2.45) is 0 Å². The fraction of sp³-hybridized carbons (Fsp3) is 0.348. The molecule has 1 aliphatic heterocycles.